The predicted octanol–water partition coefficient (Wildman–Crippen LogP) is 1.50. The van der Waals surface area contributed by atoms with E-state index in [1.165, 1.54) is 0 Å². The molecule has 96 valence electrons. The molecular weight excluding hydrogens is 228 g/mol. The molecule has 2 aromatic rings. The van der Waals surface area contributed by atoms with Crippen LogP contribution in [-0.4, -0.2) is 14.8 Å². The Morgan fingerprint density at radius 1 is 1.39 bits per heavy atom. The standard InChI is InChI=1S/C13H18N4O/c1-13(2,3)17-11(15-16-12(17)18)8-9-5-4-6-10(14)7-9/h4-7H,8,14H2,1-3H3,(H,16,18). The van der Waals surface area contributed by atoms with Gasteiger partial charge in [0.1, 0.15) is 5.82 Å². The first-order valence-corrected chi connectivity index (χ1v) is 5.89. The summed E-state index contributed by atoms with van der Waals surface area (Å²) in [6, 6.07) is 7.61. The van der Waals surface area contributed by atoms with Crippen LogP contribution in [0.3, 0.4) is 0 Å². The molecule has 0 saturated heterocycles. The number of anilines is 1. The van der Waals surface area contributed by atoms with E-state index >= 15 is 0 Å². The second-order valence-corrected chi connectivity index (χ2v) is 5.37. The third-order valence-electron chi connectivity index (χ3n) is 2.73. The summed E-state index contributed by atoms with van der Waals surface area (Å²) < 4.78 is 1.68. The molecule has 3 N–H and O–H groups in total. The monoisotopic (exact) mass is 246 g/mol. The van der Waals surface area contributed by atoms with E-state index in [0.29, 0.717) is 12.1 Å². The minimum Gasteiger partial charge on any atom is -0.399 e. The van der Waals surface area contributed by atoms with Crippen molar-refractivity contribution >= 4 is 5.69 Å². The largest absolute Gasteiger partial charge is 0.399 e. The molecule has 1 aromatic carbocycles. The second kappa shape index (κ2) is 4.33. The van der Waals surface area contributed by atoms with Crippen molar-refractivity contribution in [3.05, 3.63) is 46.1 Å². The highest BCUT2D eigenvalue weighted by atomic mass is 16.1. The number of nitrogens with two attached hydrogens (primary N) is 1. The predicted molar refractivity (Wildman–Crippen MR) is 71.5 cm³/mol. The van der Waals surface area contributed by atoms with Crippen molar-refractivity contribution in [1.29, 1.82) is 0 Å². The molecule has 5 heteroatoms. The number of hydrogen-bond acceptors (Lipinski definition) is 3. The van der Waals surface area contributed by atoms with E-state index in [2.05, 4.69) is 10.2 Å². The number of rotatable bonds is 2. The zero-order valence-corrected chi connectivity index (χ0v) is 10.9. The summed E-state index contributed by atoms with van der Waals surface area (Å²) in [5.41, 5.74) is 7.03. The van der Waals surface area contributed by atoms with E-state index in [1.54, 1.807) is 4.57 Å². The molecule has 0 unspecified atom stereocenters. The van der Waals surface area contributed by atoms with Crippen LogP contribution in [0.5, 0.6) is 0 Å². The van der Waals surface area contributed by atoms with E-state index in [-0.39, 0.29) is 11.2 Å². The second-order valence-electron chi connectivity index (χ2n) is 5.37. The number of benzene rings is 1. The Kier molecular flexibility index (Phi) is 2.98. The summed E-state index contributed by atoms with van der Waals surface area (Å²) in [5, 5.41) is 6.60. The Hall–Kier alpha value is -2.04. The van der Waals surface area contributed by atoms with Gasteiger partial charge in [0.05, 0.1) is 0 Å². The van der Waals surface area contributed by atoms with Crippen molar-refractivity contribution in [2.45, 2.75) is 32.7 Å². The molecule has 0 aliphatic heterocycles. The van der Waals surface area contributed by atoms with Crippen molar-refractivity contribution < 1.29 is 0 Å². The van der Waals surface area contributed by atoms with Gasteiger partial charge in [0, 0.05) is 17.6 Å². The number of nitrogen functional groups attached to an aromatic ring is 1. The average molecular weight is 246 g/mol. The molecule has 0 atom stereocenters. The van der Waals surface area contributed by atoms with Gasteiger partial charge in [-0.3, -0.25) is 4.57 Å². The Morgan fingerprint density at radius 2 is 2.11 bits per heavy atom. The summed E-state index contributed by atoms with van der Waals surface area (Å²) in [5.74, 6) is 0.720. The van der Waals surface area contributed by atoms with Crippen molar-refractivity contribution in [1.82, 2.24) is 14.8 Å². The Labute approximate surface area is 106 Å². The number of H-pyrrole nitrogens is 1. The third kappa shape index (κ3) is 2.45. The smallest absolute Gasteiger partial charge is 0.343 e. The molecule has 0 aliphatic rings. The molecule has 5 nitrogen and oxygen atoms in total. The lowest BCUT2D eigenvalue weighted by molar-refractivity contribution is 0.373. The zero-order chi connectivity index (χ0) is 13.3. The molecule has 0 spiro atoms. The molecule has 2 rings (SSSR count). The van der Waals surface area contributed by atoms with Crippen molar-refractivity contribution in [2.24, 2.45) is 0 Å². The molecule has 0 aliphatic carbocycles. The van der Waals surface area contributed by atoms with Gasteiger partial charge >= 0.3 is 5.69 Å². The van der Waals surface area contributed by atoms with Crippen LogP contribution in [0.2, 0.25) is 0 Å². The van der Waals surface area contributed by atoms with Gasteiger partial charge in [-0.05, 0) is 38.5 Å². The topological polar surface area (TPSA) is 76.7 Å². The third-order valence-corrected chi connectivity index (χ3v) is 2.73. The van der Waals surface area contributed by atoms with Gasteiger partial charge in [0.2, 0.25) is 0 Å². The van der Waals surface area contributed by atoms with Gasteiger partial charge in [-0.2, -0.15) is 5.10 Å². The zero-order valence-electron chi connectivity index (χ0n) is 10.9. The van der Waals surface area contributed by atoms with Gasteiger partial charge in [-0.25, -0.2) is 9.89 Å². The maximum Gasteiger partial charge on any atom is 0.343 e. The number of hydrogen-bond donors (Lipinski definition) is 2. The molecule has 1 aromatic heterocycles. The summed E-state index contributed by atoms with van der Waals surface area (Å²) in [6.45, 7) is 5.94. The van der Waals surface area contributed by atoms with Crippen LogP contribution in [0.1, 0.15) is 32.2 Å². The molecule has 0 amide bonds. The maximum absolute atomic E-state index is 11.8. The summed E-state index contributed by atoms with van der Waals surface area (Å²) in [7, 11) is 0. The van der Waals surface area contributed by atoms with E-state index < -0.39 is 0 Å². The van der Waals surface area contributed by atoms with Crippen molar-refractivity contribution in [2.75, 3.05) is 5.73 Å². The summed E-state index contributed by atoms with van der Waals surface area (Å²) in [4.78, 5) is 11.8. The fourth-order valence-corrected chi connectivity index (χ4v) is 2.03. The van der Waals surface area contributed by atoms with E-state index in [1.807, 2.05) is 45.0 Å². The fourth-order valence-electron chi connectivity index (χ4n) is 2.03. The van der Waals surface area contributed by atoms with Crippen molar-refractivity contribution in [3.8, 4) is 0 Å². The van der Waals surface area contributed by atoms with Crippen molar-refractivity contribution in [3.63, 3.8) is 0 Å². The maximum atomic E-state index is 11.8. The van der Waals surface area contributed by atoms with E-state index in [9.17, 15) is 4.79 Å². The highest BCUT2D eigenvalue weighted by Crippen LogP contribution is 2.16. The van der Waals surface area contributed by atoms with Crippen LogP contribution in [0.25, 0.3) is 0 Å². The molecule has 0 fully saturated rings. The molecule has 1 heterocycles. The fraction of sp³-hybridized carbons (Fsp3) is 0.385. The van der Waals surface area contributed by atoms with Crippen LogP contribution in [-0.2, 0) is 12.0 Å². The van der Waals surface area contributed by atoms with Crippen LogP contribution in [0.15, 0.2) is 29.1 Å². The van der Waals surface area contributed by atoms with Gasteiger partial charge in [-0.1, -0.05) is 12.1 Å². The van der Waals surface area contributed by atoms with Crippen LogP contribution in [0, 0.1) is 0 Å². The SMILES string of the molecule is CC(C)(C)n1c(Cc2cccc(N)c2)n[nH]c1=O. The molecule has 0 radical (unpaired) electrons. The quantitative estimate of drug-likeness (QED) is 0.788. The van der Waals surface area contributed by atoms with Crippen LogP contribution < -0.4 is 11.4 Å². The van der Waals surface area contributed by atoms with Crippen LogP contribution >= 0.6 is 0 Å². The first-order chi connectivity index (χ1) is 8.38. The lowest BCUT2D eigenvalue weighted by Crippen LogP contribution is -2.33. The normalized spacial score (nSPS) is 11.7. The highest BCUT2D eigenvalue weighted by molar-refractivity contribution is 5.41. The highest BCUT2D eigenvalue weighted by Gasteiger charge is 2.20. The van der Waals surface area contributed by atoms with Gasteiger partial charge < -0.3 is 5.73 Å². The first kappa shape index (κ1) is 12.4. The minimum absolute atomic E-state index is 0.179. The van der Waals surface area contributed by atoms with E-state index in [4.69, 9.17) is 5.73 Å². The Balaban J connectivity index is 2.39. The first-order valence-electron chi connectivity index (χ1n) is 5.89. The van der Waals surface area contributed by atoms with Gasteiger partial charge in [0.15, 0.2) is 0 Å². The number of nitrogens with zero attached hydrogens (tertiary/aromatic N) is 2. The number of aromatic nitrogens is 3. The lowest BCUT2D eigenvalue weighted by atomic mass is 10.1. The Bertz CT molecular complexity index is 604. The average Bonchev–Trinajstić information content (AvgIpc) is 2.59. The van der Waals surface area contributed by atoms with Gasteiger partial charge in [-0.15, -0.1) is 0 Å². The molecular formula is C13H18N4O. The summed E-state index contributed by atoms with van der Waals surface area (Å²) >= 11 is 0. The molecule has 18 heavy (non-hydrogen) atoms. The van der Waals surface area contributed by atoms with Crippen LogP contribution in [0.4, 0.5) is 5.69 Å². The lowest BCUT2D eigenvalue weighted by Gasteiger charge is -2.21. The minimum atomic E-state index is -0.292. The number of nitrogens with one attached hydrogen (secondary N) is 1. The van der Waals surface area contributed by atoms with E-state index in [0.717, 1.165) is 11.4 Å². The number of aromatic amines is 1. The molecule has 0 saturated carbocycles. The Morgan fingerprint density at radius 3 is 2.72 bits per heavy atom. The summed E-state index contributed by atoms with van der Waals surface area (Å²) in [6.07, 6.45) is 0.584. The molecule has 0 bridgehead atoms. The van der Waals surface area contributed by atoms with Gasteiger partial charge in [0.25, 0.3) is 0 Å².